The molecule has 0 unspecified atom stereocenters. The standard InChI is InChI=1S/C26H30N4O3S/c1-2-20-8-10-21(11-9-20)19-28-26(31)22-12-13-25(30-16-14-27-15-17-30)24(18-22)29-34(32,33)23-6-4-3-5-7-23/h3-13,18,27,29H,2,14-17,19H2,1H3,(H,28,31). The van der Waals surface area contributed by atoms with Crippen LogP contribution in [0.15, 0.2) is 77.7 Å². The van der Waals surface area contributed by atoms with E-state index in [0.29, 0.717) is 17.8 Å². The van der Waals surface area contributed by atoms with Crippen molar-refractivity contribution in [2.24, 2.45) is 0 Å². The predicted octanol–water partition coefficient (Wildman–Crippen LogP) is 3.39. The lowest BCUT2D eigenvalue weighted by atomic mass is 10.1. The highest BCUT2D eigenvalue weighted by atomic mass is 32.2. The van der Waals surface area contributed by atoms with E-state index in [-0.39, 0.29) is 10.8 Å². The molecule has 0 saturated carbocycles. The molecule has 3 aromatic carbocycles. The van der Waals surface area contributed by atoms with Crippen LogP contribution in [0.25, 0.3) is 0 Å². The van der Waals surface area contributed by atoms with Crippen LogP contribution in [-0.4, -0.2) is 40.5 Å². The Hall–Kier alpha value is -3.36. The maximum atomic E-state index is 13.0. The van der Waals surface area contributed by atoms with E-state index in [1.165, 1.54) is 5.56 Å². The van der Waals surface area contributed by atoms with Gasteiger partial charge in [0.15, 0.2) is 0 Å². The first-order valence-electron chi connectivity index (χ1n) is 11.5. The molecule has 1 saturated heterocycles. The van der Waals surface area contributed by atoms with E-state index >= 15 is 0 Å². The Morgan fingerprint density at radius 2 is 1.62 bits per heavy atom. The van der Waals surface area contributed by atoms with E-state index in [4.69, 9.17) is 0 Å². The second kappa shape index (κ2) is 10.7. The van der Waals surface area contributed by atoms with E-state index in [9.17, 15) is 13.2 Å². The van der Waals surface area contributed by atoms with Gasteiger partial charge in [-0.2, -0.15) is 0 Å². The smallest absolute Gasteiger partial charge is 0.261 e. The van der Waals surface area contributed by atoms with Gasteiger partial charge in [-0.25, -0.2) is 8.42 Å². The number of amides is 1. The Balaban J connectivity index is 1.57. The summed E-state index contributed by atoms with van der Waals surface area (Å²) < 4.78 is 28.8. The van der Waals surface area contributed by atoms with Crippen LogP contribution in [0, 0.1) is 0 Å². The van der Waals surface area contributed by atoms with Gasteiger partial charge in [0, 0.05) is 38.3 Å². The quantitative estimate of drug-likeness (QED) is 0.462. The molecule has 3 aromatic rings. The Bertz CT molecular complexity index is 1220. The van der Waals surface area contributed by atoms with Gasteiger partial charge < -0.3 is 15.5 Å². The van der Waals surface area contributed by atoms with Crippen LogP contribution in [0.2, 0.25) is 0 Å². The summed E-state index contributed by atoms with van der Waals surface area (Å²) in [6.07, 6.45) is 0.966. The van der Waals surface area contributed by atoms with E-state index in [1.54, 1.807) is 42.5 Å². The van der Waals surface area contributed by atoms with Crippen molar-refractivity contribution < 1.29 is 13.2 Å². The average Bonchev–Trinajstić information content (AvgIpc) is 2.88. The summed E-state index contributed by atoms with van der Waals surface area (Å²) in [7, 11) is -3.80. The van der Waals surface area contributed by atoms with Gasteiger partial charge in [0.05, 0.1) is 16.3 Å². The molecule has 8 heteroatoms. The fourth-order valence-corrected chi connectivity index (χ4v) is 5.01. The largest absolute Gasteiger partial charge is 0.367 e. The molecule has 4 rings (SSSR count). The third-order valence-electron chi connectivity index (χ3n) is 5.90. The van der Waals surface area contributed by atoms with Crippen LogP contribution in [0.4, 0.5) is 11.4 Å². The number of hydrogen-bond donors (Lipinski definition) is 3. The van der Waals surface area contributed by atoms with Gasteiger partial charge in [-0.15, -0.1) is 0 Å². The van der Waals surface area contributed by atoms with Gasteiger partial charge in [0.1, 0.15) is 0 Å². The van der Waals surface area contributed by atoms with Gasteiger partial charge >= 0.3 is 0 Å². The van der Waals surface area contributed by atoms with Gasteiger partial charge in [-0.1, -0.05) is 49.4 Å². The third kappa shape index (κ3) is 5.76. The number of nitrogens with zero attached hydrogens (tertiary/aromatic N) is 1. The lowest BCUT2D eigenvalue weighted by molar-refractivity contribution is 0.0951. The van der Waals surface area contributed by atoms with Crippen molar-refractivity contribution in [2.45, 2.75) is 24.8 Å². The monoisotopic (exact) mass is 478 g/mol. The third-order valence-corrected chi connectivity index (χ3v) is 7.28. The first-order valence-corrected chi connectivity index (χ1v) is 13.0. The Kier molecular flexibility index (Phi) is 7.49. The summed E-state index contributed by atoms with van der Waals surface area (Å²) in [5.41, 5.74) is 3.80. The molecule has 34 heavy (non-hydrogen) atoms. The first kappa shape index (κ1) is 23.8. The molecule has 0 bridgehead atoms. The highest BCUT2D eigenvalue weighted by molar-refractivity contribution is 7.92. The van der Waals surface area contributed by atoms with Gasteiger partial charge in [0.2, 0.25) is 0 Å². The second-order valence-electron chi connectivity index (χ2n) is 8.24. The van der Waals surface area contributed by atoms with Crippen LogP contribution in [0.5, 0.6) is 0 Å². The maximum absolute atomic E-state index is 13.0. The van der Waals surface area contributed by atoms with E-state index in [2.05, 4.69) is 39.3 Å². The van der Waals surface area contributed by atoms with Crippen LogP contribution in [0.3, 0.4) is 0 Å². The molecule has 0 aliphatic carbocycles. The van der Waals surface area contributed by atoms with Gasteiger partial charge in [0.25, 0.3) is 15.9 Å². The molecule has 0 spiro atoms. The fourth-order valence-electron chi connectivity index (χ4n) is 3.92. The van der Waals surface area contributed by atoms with Crippen molar-refractivity contribution in [3.05, 3.63) is 89.5 Å². The average molecular weight is 479 g/mol. The normalized spacial score (nSPS) is 14.0. The molecule has 1 heterocycles. The van der Waals surface area contributed by atoms with Crippen molar-refractivity contribution in [3.8, 4) is 0 Å². The predicted molar refractivity (Wildman–Crippen MR) is 136 cm³/mol. The molecule has 1 amide bonds. The van der Waals surface area contributed by atoms with Crippen molar-refractivity contribution in [2.75, 3.05) is 35.8 Å². The fraction of sp³-hybridized carbons (Fsp3) is 0.269. The van der Waals surface area contributed by atoms with E-state index in [0.717, 1.165) is 43.9 Å². The lowest BCUT2D eigenvalue weighted by Gasteiger charge is -2.31. The van der Waals surface area contributed by atoms with E-state index in [1.807, 2.05) is 18.2 Å². The summed E-state index contributed by atoms with van der Waals surface area (Å²) >= 11 is 0. The van der Waals surface area contributed by atoms with Crippen LogP contribution in [0.1, 0.15) is 28.4 Å². The molecule has 178 valence electrons. The maximum Gasteiger partial charge on any atom is 0.261 e. The molecule has 0 aromatic heterocycles. The zero-order valence-electron chi connectivity index (χ0n) is 19.3. The molecule has 7 nitrogen and oxygen atoms in total. The highest BCUT2D eigenvalue weighted by Gasteiger charge is 2.21. The number of carbonyl (C=O) groups excluding carboxylic acids is 1. The second-order valence-corrected chi connectivity index (χ2v) is 9.92. The number of piperazine rings is 1. The SMILES string of the molecule is CCc1ccc(CNC(=O)c2ccc(N3CCNCC3)c(NS(=O)(=O)c3ccccc3)c2)cc1. The molecule has 1 fully saturated rings. The van der Waals surface area contributed by atoms with Crippen molar-refractivity contribution in [3.63, 3.8) is 0 Å². The van der Waals surface area contributed by atoms with E-state index < -0.39 is 10.0 Å². The summed E-state index contributed by atoms with van der Waals surface area (Å²) in [6, 6.07) is 21.5. The molecule has 3 N–H and O–H groups in total. The Morgan fingerprint density at radius 1 is 0.941 bits per heavy atom. The summed E-state index contributed by atoms with van der Waals surface area (Å²) in [5, 5.41) is 6.24. The molecule has 0 atom stereocenters. The molecular weight excluding hydrogens is 448 g/mol. The first-order chi connectivity index (χ1) is 16.5. The number of carbonyl (C=O) groups is 1. The van der Waals surface area contributed by atoms with Gasteiger partial charge in [-0.3, -0.25) is 9.52 Å². The highest BCUT2D eigenvalue weighted by Crippen LogP contribution is 2.30. The minimum Gasteiger partial charge on any atom is -0.367 e. The minimum absolute atomic E-state index is 0.173. The molecular formula is C26H30N4O3S. The Labute approximate surface area is 201 Å². The van der Waals surface area contributed by atoms with Crippen molar-refractivity contribution in [1.82, 2.24) is 10.6 Å². The summed E-state index contributed by atoms with van der Waals surface area (Å²) in [5.74, 6) is -0.258. The topological polar surface area (TPSA) is 90.5 Å². The number of nitrogens with one attached hydrogen (secondary N) is 3. The zero-order chi connectivity index (χ0) is 24.0. The minimum atomic E-state index is -3.80. The number of aryl methyl sites for hydroxylation is 1. The molecule has 1 aliphatic heterocycles. The molecule has 0 radical (unpaired) electrons. The van der Waals surface area contributed by atoms with Crippen LogP contribution in [-0.2, 0) is 23.0 Å². The van der Waals surface area contributed by atoms with Crippen molar-refractivity contribution >= 4 is 27.3 Å². The number of anilines is 2. The van der Waals surface area contributed by atoms with Crippen LogP contribution < -0.4 is 20.3 Å². The number of rotatable bonds is 8. The summed E-state index contributed by atoms with van der Waals surface area (Å²) in [6.45, 7) is 5.62. The van der Waals surface area contributed by atoms with Crippen molar-refractivity contribution in [1.29, 1.82) is 0 Å². The van der Waals surface area contributed by atoms with Gasteiger partial charge in [-0.05, 0) is 47.9 Å². The number of hydrogen-bond acceptors (Lipinski definition) is 5. The lowest BCUT2D eigenvalue weighted by Crippen LogP contribution is -2.43. The number of benzene rings is 3. The zero-order valence-corrected chi connectivity index (χ0v) is 20.1. The van der Waals surface area contributed by atoms with Crippen LogP contribution >= 0.6 is 0 Å². The Morgan fingerprint density at radius 3 is 2.29 bits per heavy atom. The summed E-state index contributed by atoms with van der Waals surface area (Å²) in [4.78, 5) is 15.2. The number of sulfonamides is 1. The molecule has 1 aliphatic rings.